The Hall–Kier alpha value is -3.63. The monoisotopic (exact) mass is 572 g/mol. The molecule has 2 unspecified atom stereocenters. The summed E-state index contributed by atoms with van der Waals surface area (Å²) in [4.78, 5) is 37.5. The number of likely N-dealkylation sites (N-methyl/N-ethyl adjacent to an activating group) is 1. The van der Waals surface area contributed by atoms with Crippen LogP contribution in [0.2, 0.25) is 0 Å². The van der Waals surface area contributed by atoms with Gasteiger partial charge in [-0.15, -0.1) is 0 Å². The summed E-state index contributed by atoms with van der Waals surface area (Å²) in [6.45, 7) is 4.58. The average molecular weight is 573 g/mol. The molecule has 0 aliphatic rings. The van der Waals surface area contributed by atoms with Gasteiger partial charge in [-0.25, -0.2) is 9.59 Å². The van der Waals surface area contributed by atoms with Crippen molar-refractivity contribution in [2.45, 2.75) is 71.0 Å². The summed E-state index contributed by atoms with van der Waals surface area (Å²) < 4.78 is 10.8. The summed E-state index contributed by atoms with van der Waals surface area (Å²) in [6.07, 6.45) is 2.47. The number of carbonyl (C=O) groups excluding carboxylic acids is 1. The summed E-state index contributed by atoms with van der Waals surface area (Å²) in [5, 5.41) is 31.3. The number of phenolic OH excluding ortho intramolecular Hbond substituents is 1. The highest BCUT2D eigenvalue weighted by atomic mass is 16.6. The van der Waals surface area contributed by atoms with Crippen molar-refractivity contribution in [3.05, 3.63) is 59.2 Å². The maximum atomic E-state index is 13.2. The van der Waals surface area contributed by atoms with Crippen LogP contribution in [-0.4, -0.2) is 83.6 Å². The van der Waals surface area contributed by atoms with Gasteiger partial charge in [0, 0.05) is 32.4 Å². The number of hydrogen-bond acceptors (Lipinski definition) is 7. The van der Waals surface area contributed by atoms with E-state index in [0.717, 1.165) is 44.3 Å². The number of ether oxygens (including phenoxy) is 2. The summed E-state index contributed by atoms with van der Waals surface area (Å²) >= 11 is 0. The van der Waals surface area contributed by atoms with E-state index in [0.29, 0.717) is 19.4 Å². The fourth-order valence-electron chi connectivity index (χ4n) is 4.30. The molecular weight excluding hydrogens is 528 g/mol. The van der Waals surface area contributed by atoms with Crippen LogP contribution in [0.5, 0.6) is 5.75 Å². The van der Waals surface area contributed by atoms with Crippen LogP contribution in [0.15, 0.2) is 42.5 Å². The van der Waals surface area contributed by atoms with Gasteiger partial charge in [-0.1, -0.05) is 24.6 Å². The Morgan fingerprint density at radius 1 is 0.854 bits per heavy atom. The number of aromatic hydroxyl groups is 1. The second-order valence-corrected chi connectivity index (χ2v) is 10.3. The van der Waals surface area contributed by atoms with Crippen molar-refractivity contribution in [3.63, 3.8) is 0 Å². The number of benzene rings is 2. The molecule has 0 fully saturated rings. The lowest BCUT2D eigenvalue weighted by molar-refractivity contribution is -0.175. The maximum Gasteiger partial charge on any atom is 0.336 e. The highest BCUT2D eigenvalue weighted by Crippen LogP contribution is 2.16. The minimum Gasteiger partial charge on any atom is -0.508 e. The Kier molecular flexibility index (Phi) is 14.7. The zero-order chi connectivity index (χ0) is 30.2. The molecule has 1 amide bonds. The first-order chi connectivity index (χ1) is 19.6. The van der Waals surface area contributed by atoms with Gasteiger partial charge in [-0.3, -0.25) is 4.79 Å². The summed E-state index contributed by atoms with van der Waals surface area (Å²) in [7, 11) is 1.58. The van der Waals surface area contributed by atoms with E-state index in [2.05, 4.69) is 37.4 Å². The third-order valence-corrected chi connectivity index (χ3v) is 6.87. The molecule has 2 atom stereocenters. The molecule has 2 rings (SSSR count). The molecule has 4 N–H and O–H groups in total. The zero-order valence-corrected chi connectivity index (χ0v) is 24.3. The molecule has 10 heteroatoms. The fraction of sp³-hybridized carbons (Fsp3) is 0.516. The molecule has 2 aromatic carbocycles. The van der Waals surface area contributed by atoms with E-state index in [1.165, 1.54) is 21.6 Å². The smallest absolute Gasteiger partial charge is 0.336 e. The second kappa shape index (κ2) is 17.9. The van der Waals surface area contributed by atoms with Crippen LogP contribution in [0.1, 0.15) is 55.2 Å². The molecule has 10 nitrogen and oxygen atoms in total. The lowest BCUT2D eigenvalue weighted by Crippen LogP contribution is -2.50. The number of carboxylic acids is 2. The number of rotatable bonds is 20. The number of carbonyl (C=O) groups is 3. The standard InChI is InChI=1S/C31H44N2O8/c1-22-11-12-24(20-23(22)2)10-6-4-9-19-40-28(29(31(38)39)41-21-27(35)36)30(37)33(3)18-8-5-7-17-32-25-13-15-26(34)16-14-25/h11-16,20,28-29,32,34H,4-10,17-19,21H2,1-3H3,(H,35,36)(H,38,39). The van der Waals surface area contributed by atoms with E-state index >= 15 is 0 Å². The van der Waals surface area contributed by atoms with Crippen LogP contribution in [0.25, 0.3) is 0 Å². The number of unbranched alkanes of at least 4 members (excludes halogenated alkanes) is 4. The van der Waals surface area contributed by atoms with Crippen LogP contribution in [0.3, 0.4) is 0 Å². The van der Waals surface area contributed by atoms with Gasteiger partial charge in [0.2, 0.25) is 0 Å². The minimum atomic E-state index is -1.73. The van der Waals surface area contributed by atoms with Crippen LogP contribution >= 0.6 is 0 Å². The molecule has 0 spiro atoms. The third-order valence-electron chi connectivity index (χ3n) is 6.87. The topological polar surface area (TPSA) is 146 Å². The van der Waals surface area contributed by atoms with Crippen LogP contribution in [-0.2, 0) is 30.3 Å². The SMILES string of the molecule is Cc1ccc(CCCCCOC(C(=O)N(C)CCCCCNc2ccc(O)cc2)C(OCC(=O)O)C(=O)O)cc1C. The molecule has 0 heterocycles. The number of phenols is 1. The molecule has 0 radical (unpaired) electrons. The predicted octanol–water partition coefficient (Wildman–Crippen LogP) is 4.40. The van der Waals surface area contributed by atoms with E-state index in [1.54, 1.807) is 31.3 Å². The number of carboxylic acid groups (broad SMARTS) is 2. The van der Waals surface area contributed by atoms with Gasteiger partial charge >= 0.3 is 11.9 Å². The number of anilines is 1. The molecule has 41 heavy (non-hydrogen) atoms. The van der Waals surface area contributed by atoms with E-state index in [9.17, 15) is 24.6 Å². The minimum absolute atomic E-state index is 0.153. The Bertz CT molecular complexity index is 1110. The molecule has 0 aliphatic carbocycles. The molecule has 0 aliphatic heterocycles. The number of nitrogens with one attached hydrogen (secondary N) is 1. The van der Waals surface area contributed by atoms with Gasteiger partial charge in [-0.05, 0) is 93.3 Å². The van der Waals surface area contributed by atoms with Gasteiger partial charge in [0.25, 0.3) is 5.91 Å². The molecule has 0 saturated carbocycles. The van der Waals surface area contributed by atoms with Gasteiger partial charge in [0.1, 0.15) is 12.4 Å². The fourth-order valence-corrected chi connectivity index (χ4v) is 4.30. The number of aliphatic carboxylic acids is 2. The van der Waals surface area contributed by atoms with Crippen molar-refractivity contribution in [2.75, 3.05) is 38.7 Å². The van der Waals surface area contributed by atoms with E-state index in [4.69, 9.17) is 14.6 Å². The van der Waals surface area contributed by atoms with Crippen LogP contribution in [0, 0.1) is 13.8 Å². The van der Waals surface area contributed by atoms with Crippen molar-refractivity contribution < 1.29 is 39.2 Å². The van der Waals surface area contributed by atoms with E-state index in [-0.39, 0.29) is 12.4 Å². The predicted molar refractivity (Wildman–Crippen MR) is 156 cm³/mol. The first-order valence-corrected chi connectivity index (χ1v) is 14.1. The lowest BCUT2D eigenvalue weighted by atomic mass is 10.0. The normalized spacial score (nSPS) is 12.5. The Morgan fingerprint density at radius 2 is 1.56 bits per heavy atom. The largest absolute Gasteiger partial charge is 0.508 e. The summed E-state index contributed by atoms with van der Waals surface area (Å²) in [5.41, 5.74) is 4.67. The Morgan fingerprint density at radius 3 is 2.22 bits per heavy atom. The number of nitrogens with zero attached hydrogens (tertiary/aromatic N) is 1. The molecule has 226 valence electrons. The van der Waals surface area contributed by atoms with Crippen molar-refractivity contribution in [3.8, 4) is 5.75 Å². The first kappa shape index (κ1) is 33.6. The third kappa shape index (κ3) is 12.6. The van der Waals surface area contributed by atoms with E-state index in [1.807, 2.05) is 0 Å². The van der Waals surface area contributed by atoms with Crippen LogP contribution < -0.4 is 5.32 Å². The molecule has 0 saturated heterocycles. The van der Waals surface area contributed by atoms with Crippen molar-refractivity contribution in [2.24, 2.45) is 0 Å². The summed E-state index contributed by atoms with van der Waals surface area (Å²) in [5.74, 6) is -3.13. The second-order valence-electron chi connectivity index (χ2n) is 10.3. The Labute approximate surface area is 242 Å². The maximum absolute atomic E-state index is 13.2. The highest BCUT2D eigenvalue weighted by molar-refractivity contribution is 5.88. The van der Waals surface area contributed by atoms with E-state index < -0.39 is 36.7 Å². The average Bonchev–Trinajstić information content (AvgIpc) is 2.93. The highest BCUT2D eigenvalue weighted by Gasteiger charge is 2.37. The Balaban J connectivity index is 1.83. The molecule has 2 aromatic rings. The summed E-state index contributed by atoms with van der Waals surface area (Å²) in [6, 6.07) is 13.2. The number of amides is 1. The quantitative estimate of drug-likeness (QED) is 0.134. The van der Waals surface area contributed by atoms with Gasteiger partial charge in [0.15, 0.2) is 12.2 Å². The van der Waals surface area contributed by atoms with Gasteiger partial charge in [0.05, 0.1) is 0 Å². The lowest BCUT2D eigenvalue weighted by Gasteiger charge is -2.27. The molecule has 0 aromatic heterocycles. The number of aryl methyl sites for hydroxylation is 3. The van der Waals surface area contributed by atoms with Crippen LogP contribution in [0.4, 0.5) is 5.69 Å². The van der Waals surface area contributed by atoms with Gasteiger partial charge in [-0.2, -0.15) is 0 Å². The first-order valence-electron chi connectivity index (χ1n) is 14.1. The van der Waals surface area contributed by atoms with Crippen molar-refractivity contribution >= 4 is 23.5 Å². The molecule has 0 bridgehead atoms. The zero-order valence-electron chi connectivity index (χ0n) is 24.3. The molecular formula is C31H44N2O8. The number of hydrogen-bond donors (Lipinski definition) is 4. The van der Waals surface area contributed by atoms with Crippen molar-refractivity contribution in [1.82, 2.24) is 4.90 Å². The van der Waals surface area contributed by atoms with Gasteiger partial charge < -0.3 is 35.0 Å². The van der Waals surface area contributed by atoms with Crippen molar-refractivity contribution in [1.29, 1.82) is 0 Å².